The summed E-state index contributed by atoms with van der Waals surface area (Å²) in [5.74, 6) is 2.96. The quantitative estimate of drug-likeness (QED) is 0.612. The molecule has 1 aliphatic heterocycles. The van der Waals surface area contributed by atoms with Gasteiger partial charge in [0.25, 0.3) is 0 Å². The lowest BCUT2D eigenvalue weighted by molar-refractivity contribution is 0.457. The number of thioether (sulfide) groups is 1. The van der Waals surface area contributed by atoms with Gasteiger partial charge in [-0.05, 0) is 12.5 Å². The number of fused-ring (bicyclic) bond motifs is 1. The van der Waals surface area contributed by atoms with Gasteiger partial charge in [-0.3, -0.25) is 0 Å². The predicted octanol–water partition coefficient (Wildman–Crippen LogP) is 1.74. The number of aryl methyl sites for hydroxylation is 2. The molecule has 0 saturated carbocycles. The molecule has 1 aromatic heterocycles. The summed E-state index contributed by atoms with van der Waals surface area (Å²) in [5.41, 5.74) is 2.09. The molecule has 12 heavy (non-hydrogen) atoms. The minimum Gasteiger partial charge on any atom is -0.428 e. The van der Waals surface area contributed by atoms with Crippen molar-refractivity contribution in [3.05, 3.63) is 33.4 Å². The lowest BCUT2D eigenvalue weighted by Crippen LogP contribution is -2.10. The molecule has 0 aliphatic carbocycles. The molecule has 0 spiro atoms. The van der Waals surface area contributed by atoms with E-state index >= 15 is 0 Å². The van der Waals surface area contributed by atoms with Crippen LogP contribution in [0.3, 0.4) is 0 Å². The van der Waals surface area contributed by atoms with Crippen molar-refractivity contribution in [2.24, 2.45) is 0 Å². The van der Waals surface area contributed by atoms with Gasteiger partial charge in [0.15, 0.2) is 0 Å². The second kappa shape index (κ2) is 2.98. The fourth-order valence-corrected chi connectivity index (χ4v) is 2.50. The van der Waals surface area contributed by atoms with E-state index in [9.17, 15) is 4.79 Å². The summed E-state index contributed by atoms with van der Waals surface area (Å²) in [6, 6.07) is 1.57. The Morgan fingerprint density at radius 3 is 3.25 bits per heavy atom. The van der Waals surface area contributed by atoms with Crippen LogP contribution < -0.4 is 5.63 Å². The van der Waals surface area contributed by atoms with Gasteiger partial charge >= 0.3 is 5.63 Å². The zero-order valence-electron chi connectivity index (χ0n) is 6.92. The molecule has 0 saturated heterocycles. The molecular formula is C9H10O2S. The molecule has 0 radical (unpaired) electrons. The van der Waals surface area contributed by atoms with E-state index in [1.165, 1.54) is 5.56 Å². The van der Waals surface area contributed by atoms with Crippen molar-refractivity contribution >= 4 is 11.8 Å². The van der Waals surface area contributed by atoms with Crippen LogP contribution in [0.25, 0.3) is 0 Å². The fourth-order valence-electron chi connectivity index (χ4n) is 1.43. The summed E-state index contributed by atoms with van der Waals surface area (Å²) < 4.78 is 5.11. The molecule has 3 heteroatoms. The van der Waals surface area contributed by atoms with E-state index in [-0.39, 0.29) is 5.63 Å². The van der Waals surface area contributed by atoms with Crippen LogP contribution in [0.1, 0.15) is 16.9 Å². The van der Waals surface area contributed by atoms with E-state index in [2.05, 4.69) is 0 Å². The molecule has 0 bridgehead atoms. The Morgan fingerprint density at radius 1 is 1.58 bits per heavy atom. The van der Waals surface area contributed by atoms with E-state index in [1.54, 1.807) is 6.07 Å². The molecular weight excluding hydrogens is 172 g/mol. The maximum Gasteiger partial charge on any atom is 0.336 e. The Morgan fingerprint density at radius 2 is 2.42 bits per heavy atom. The SMILES string of the molecule is Cc1cc(=O)oc2c1CSCC2. The molecule has 2 rings (SSSR count). The zero-order chi connectivity index (χ0) is 8.55. The zero-order valence-corrected chi connectivity index (χ0v) is 7.74. The lowest BCUT2D eigenvalue weighted by atomic mass is 10.1. The van der Waals surface area contributed by atoms with Crippen molar-refractivity contribution in [2.45, 2.75) is 19.1 Å². The lowest BCUT2D eigenvalue weighted by Gasteiger charge is -2.14. The summed E-state index contributed by atoms with van der Waals surface area (Å²) in [6.07, 6.45) is 0.900. The average molecular weight is 182 g/mol. The fraction of sp³-hybridized carbons (Fsp3) is 0.444. The molecule has 0 unspecified atom stereocenters. The highest BCUT2D eigenvalue weighted by molar-refractivity contribution is 7.98. The van der Waals surface area contributed by atoms with Crippen LogP contribution in [0, 0.1) is 6.92 Å². The predicted molar refractivity (Wildman–Crippen MR) is 49.6 cm³/mol. The van der Waals surface area contributed by atoms with Crippen LogP contribution in [0.5, 0.6) is 0 Å². The Balaban J connectivity index is 2.60. The molecule has 2 heterocycles. The first-order valence-corrected chi connectivity index (χ1v) is 5.13. The van der Waals surface area contributed by atoms with E-state index in [0.29, 0.717) is 0 Å². The molecule has 0 atom stereocenters. The van der Waals surface area contributed by atoms with Gasteiger partial charge in [-0.2, -0.15) is 11.8 Å². The van der Waals surface area contributed by atoms with Crippen LogP contribution in [-0.4, -0.2) is 5.75 Å². The molecule has 1 aliphatic rings. The largest absolute Gasteiger partial charge is 0.428 e. The third-order valence-corrected chi connectivity index (χ3v) is 3.08. The van der Waals surface area contributed by atoms with Crippen molar-refractivity contribution in [1.82, 2.24) is 0 Å². The normalized spacial score (nSPS) is 15.8. The van der Waals surface area contributed by atoms with Gasteiger partial charge in [0.05, 0.1) is 0 Å². The van der Waals surface area contributed by atoms with Crippen LogP contribution in [0.15, 0.2) is 15.3 Å². The maximum absolute atomic E-state index is 11.0. The van der Waals surface area contributed by atoms with E-state index in [0.717, 1.165) is 29.3 Å². The van der Waals surface area contributed by atoms with Gasteiger partial charge < -0.3 is 4.42 Å². The molecule has 0 N–H and O–H groups in total. The summed E-state index contributed by atoms with van der Waals surface area (Å²) in [5, 5.41) is 0. The van der Waals surface area contributed by atoms with Crippen molar-refractivity contribution in [1.29, 1.82) is 0 Å². The standard InChI is InChI=1S/C9H10O2S/c1-6-4-9(10)11-8-2-3-12-5-7(6)8/h4H,2-3,5H2,1H3. The monoisotopic (exact) mass is 182 g/mol. The summed E-state index contributed by atoms with van der Waals surface area (Å²) >= 11 is 1.90. The van der Waals surface area contributed by atoms with Crippen LogP contribution in [0.2, 0.25) is 0 Å². The smallest absolute Gasteiger partial charge is 0.336 e. The van der Waals surface area contributed by atoms with Crippen molar-refractivity contribution in [2.75, 3.05) is 5.75 Å². The molecule has 1 aromatic rings. The summed E-state index contributed by atoms with van der Waals surface area (Å²) in [4.78, 5) is 11.0. The third-order valence-electron chi connectivity index (χ3n) is 2.09. The Labute approximate surface area is 75.0 Å². The van der Waals surface area contributed by atoms with Crippen LogP contribution in [0.4, 0.5) is 0 Å². The first kappa shape index (κ1) is 7.92. The number of rotatable bonds is 0. The van der Waals surface area contributed by atoms with Gasteiger partial charge in [0.2, 0.25) is 0 Å². The van der Waals surface area contributed by atoms with Gasteiger partial charge in [0.1, 0.15) is 5.76 Å². The van der Waals surface area contributed by atoms with Gasteiger partial charge in [-0.15, -0.1) is 0 Å². The highest BCUT2D eigenvalue weighted by atomic mass is 32.2. The van der Waals surface area contributed by atoms with E-state index in [1.807, 2.05) is 18.7 Å². The van der Waals surface area contributed by atoms with Crippen LogP contribution >= 0.6 is 11.8 Å². The van der Waals surface area contributed by atoms with E-state index in [4.69, 9.17) is 4.42 Å². The van der Waals surface area contributed by atoms with Gasteiger partial charge in [0, 0.05) is 29.6 Å². The second-order valence-corrected chi connectivity index (χ2v) is 4.06. The van der Waals surface area contributed by atoms with Gasteiger partial charge in [-0.1, -0.05) is 0 Å². The molecule has 64 valence electrons. The number of hydrogen-bond acceptors (Lipinski definition) is 3. The highest BCUT2D eigenvalue weighted by Crippen LogP contribution is 2.25. The maximum atomic E-state index is 11.0. The summed E-state index contributed by atoms with van der Waals surface area (Å²) in [6.45, 7) is 1.97. The second-order valence-electron chi connectivity index (χ2n) is 2.95. The van der Waals surface area contributed by atoms with Crippen molar-refractivity contribution in [3.63, 3.8) is 0 Å². The third kappa shape index (κ3) is 1.29. The first-order chi connectivity index (χ1) is 5.77. The highest BCUT2D eigenvalue weighted by Gasteiger charge is 2.14. The number of hydrogen-bond donors (Lipinski definition) is 0. The summed E-state index contributed by atoms with van der Waals surface area (Å²) in [7, 11) is 0. The topological polar surface area (TPSA) is 30.2 Å². The Kier molecular flexibility index (Phi) is 1.97. The van der Waals surface area contributed by atoms with Gasteiger partial charge in [-0.25, -0.2) is 4.79 Å². The molecule has 0 amide bonds. The minimum atomic E-state index is -0.210. The average Bonchev–Trinajstić information content (AvgIpc) is 2.04. The van der Waals surface area contributed by atoms with Crippen LogP contribution in [-0.2, 0) is 12.2 Å². The van der Waals surface area contributed by atoms with E-state index < -0.39 is 0 Å². The Bertz CT molecular complexity index is 354. The van der Waals surface area contributed by atoms with Crippen molar-refractivity contribution < 1.29 is 4.42 Å². The minimum absolute atomic E-state index is 0.210. The molecule has 0 aromatic carbocycles. The first-order valence-electron chi connectivity index (χ1n) is 3.97. The molecule has 0 fully saturated rings. The Hall–Kier alpha value is -0.700. The van der Waals surface area contributed by atoms with Crippen molar-refractivity contribution in [3.8, 4) is 0 Å². The molecule has 2 nitrogen and oxygen atoms in total.